The first-order valence-electron chi connectivity index (χ1n) is 7.50. The molecule has 1 rings (SSSR count). The van der Waals surface area contributed by atoms with Crippen LogP contribution in [0.4, 0.5) is 5.69 Å². The van der Waals surface area contributed by atoms with Gasteiger partial charge in [-0.05, 0) is 31.9 Å². The third kappa shape index (κ3) is 6.43. The molecule has 0 saturated carbocycles. The lowest BCUT2D eigenvalue weighted by atomic mass is 10.0. The van der Waals surface area contributed by atoms with Gasteiger partial charge in [-0.2, -0.15) is 0 Å². The summed E-state index contributed by atoms with van der Waals surface area (Å²) in [7, 11) is 3.91. The van der Waals surface area contributed by atoms with Crippen molar-refractivity contribution in [2.24, 2.45) is 0 Å². The Morgan fingerprint density at radius 2 is 1.81 bits per heavy atom. The number of esters is 1. The Hall–Kier alpha value is -1.84. The summed E-state index contributed by atoms with van der Waals surface area (Å²) in [5.74, 6) is 0.0114. The maximum absolute atomic E-state index is 12.1. The van der Waals surface area contributed by atoms with Crippen LogP contribution >= 0.6 is 0 Å². The lowest BCUT2D eigenvalue weighted by Crippen LogP contribution is -2.09. The van der Waals surface area contributed by atoms with Crippen LogP contribution in [-0.2, 0) is 9.53 Å². The normalized spacial score (nSPS) is 10.2. The number of nitrogens with zero attached hydrogens (tertiary/aromatic N) is 1. The molecule has 0 unspecified atom stereocenters. The molecule has 1 aromatic rings. The molecule has 0 aliphatic heterocycles. The van der Waals surface area contributed by atoms with E-state index in [2.05, 4.69) is 0 Å². The Kier molecular flexibility index (Phi) is 7.51. The highest BCUT2D eigenvalue weighted by Crippen LogP contribution is 2.16. The van der Waals surface area contributed by atoms with Gasteiger partial charge in [0.2, 0.25) is 0 Å². The van der Waals surface area contributed by atoms with E-state index < -0.39 is 0 Å². The first kappa shape index (κ1) is 17.2. The molecule has 1 aromatic carbocycles. The SMILES string of the molecule is CCOC(=O)CCCCCC(=O)c1cccc(N(C)C)c1. The fourth-order valence-corrected chi connectivity index (χ4v) is 2.07. The minimum absolute atomic E-state index is 0.150. The molecule has 0 amide bonds. The number of Topliss-reactive ketones (excluding diaryl/α,β-unsaturated/α-hetero) is 1. The van der Waals surface area contributed by atoms with Crippen LogP contribution < -0.4 is 4.90 Å². The fraction of sp³-hybridized carbons (Fsp3) is 0.529. The van der Waals surface area contributed by atoms with Crippen molar-refractivity contribution in [3.63, 3.8) is 0 Å². The van der Waals surface area contributed by atoms with E-state index in [1.807, 2.05) is 43.3 Å². The molecule has 0 N–H and O–H groups in total. The van der Waals surface area contributed by atoms with Crippen LogP contribution in [0, 0.1) is 0 Å². The van der Waals surface area contributed by atoms with Crippen LogP contribution in [0.1, 0.15) is 49.4 Å². The standard InChI is InChI=1S/C17H25NO3/c1-4-21-17(20)12-7-5-6-11-16(19)14-9-8-10-15(13-14)18(2)3/h8-10,13H,4-7,11-12H2,1-3H3. The highest BCUT2D eigenvalue weighted by molar-refractivity contribution is 5.96. The summed E-state index contributed by atoms with van der Waals surface area (Å²) in [5.41, 5.74) is 1.79. The average molecular weight is 291 g/mol. The van der Waals surface area contributed by atoms with E-state index >= 15 is 0 Å². The maximum atomic E-state index is 12.1. The van der Waals surface area contributed by atoms with Gasteiger partial charge in [0.05, 0.1) is 6.61 Å². The van der Waals surface area contributed by atoms with E-state index in [0.29, 0.717) is 19.4 Å². The van der Waals surface area contributed by atoms with Crippen molar-refractivity contribution in [1.82, 2.24) is 0 Å². The van der Waals surface area contributed by atoms with E-state index in [4.69, 9.17) is 4.74 Å². The minimum Gasteiger partial charge on any atom is -0.466 e. The maximum Gasteiger partial charge on any atom is 0.305 e. The number of anilines is 1. The molecule has 0 aromatic heterocycles. The second-order valence-corrected chi connectivity index (χ2v) is 5.23. The Morgan fingerprint density at radius 3 is 2.48 bits per heavy atom. The number of carbonyl (C=O) groups is 2. The highest BCUT2D eigenvalue weighted by Gasteiger charge is 2.07. The predicted octanol–water partition coefficient (Wildman–Crippen LogP) is 3.45. The van der Waals surface area contributed by atoms with Gasteiger partial charge >= 0.3 is 5.97 Å². The summed E-state index contributed by atoms with van der Waals surface area (Å²) in [4.78, 5) is 25.3. The van der Waals surface area contributed by atoms with Crippen LogP contribution in [0.2, 0.25) is 0 Å². The quantitative estimate of drug-likeness (QED) is 0.397. The van der Waals surface area contributed by atoms with Gasteiger partial charge in [-0.3, -0.25) is 9.59 Å². The Morgan fingerprint density at radius 1 is 1.10 bits per heavy atom. The van der Waals surface area contributed by atoms with E-state index in [0.717, 1.165) is 30.5 Å². The molecule has 0 aliphatic carbocycles. The number of ketones is 1. The van der Waals surface area contributed by atoms with Crippen molar-refractivity contribution in [3.8, 4) is 0 Å². The molecule has 4 heteroatoms. The number of ether oxygens (including phenoxy) is 1. The molecule has 0 bridgehead atoms. The summed E-state index contributed by atoms with van der Waals surface area (Å²) in [6.07, 6.45) is 3.43. The molecule has 0 saturated heterocycles. The van der Waals surface area contributed by atoms with Gasteiger partial charge in [-0.15, -0.1) is 0 Å². The lowest BCUT2D eigenvalue weighted by molar-refractivity contribution is -0.143. The van der Waals surface area contributed by atoms with E-state index in [-0.39, 0.29) is 11.8 Å². The molecular formula is C17H25NO3. The molecule has 0 fully saturated rings. The van der Waals surface area contributed by atoms with Gasteiger partial charge in [0.1, 0.15) is 0 Å². The third-order valence-electron chi connectivity index (χ3n) is 3.27. The zero-order chi connectivity index (χ0) is 15.7. The van der Waals surface area contributed by atoms with Crippen LogP contribution in [0.25, 0.3) is 0 Å². The summed E-state index contributed by atoms with van der Waals surface area (Å²) < 4.78 is 4.86. The summed E-state index contributed by atoms with van der Waals surface area (Å²) in [6.45, 7) is 2.23. The lowest BCUT2D eigenvalue weighted by Gasteiger charge is -2.13. The Balaban J connectivity index is 2.31. The van der Waals surface area contributed by atoms with Crippen molar-refractivity contribution < 1.29 is 14.3 Å². The summed E-state index contributed by atoms with van der Waals surface area (Å²) in [6, 6.07) is 7.66. The van der Waals surface area contributed by atoms with Crippen LogP contribution in [0.3, 0.4) is 0 Å². The van der Waals surface area contributed by atoms with Crippen molar-refractivity contribution in [3.05, 3.63) is 29.8 Å². The van der Waals surface area contributed by atoms with E-state index in [1.165, 1.54) is 0 Å². The third-order valence-corrected chi connectivity index (χ3v) is 3.27. The largest absolute Gasteiger partial charge is 0.466 e. The number of unbranched alkanes of at least 4 members (excludes halogenated alkanes) is 2. The first-order chi connectivity index (χ1) is 10.0. The molecule has 0 aliphatic rings. The number of rotatable bonds is 9. The zero-order valence-corrected chi connectivity index (χ0v) is 13.2. The van der Waals surface area contributed by atoms with Gasteiger partial charge in [0, 0.05) is 38.2 Å². The second-order valence-electron chi connectivity index (χ2n) is 5.23. The molecule has 0 atom stereocenters. The number of carbonyl (C=O) groups excluding carboxylic acids is 2. The summed E-state index contributed by atoms with van der Waals surface area (Å²) in [5, 5.41) is 0. The average Bonchev–Trinajstić information content (AvgIpc) is 2.47. The van der Waals surface area contributed by atoms with Crippen molar-refractivity contribution in [1.29, 1.82) is 0 Å². The van der Waals surface area contributed by atoms with Gasteiger partial charge in [0.25, 0.3) is 0 Å². The topological polar surface area (TPSA) is 46.6 Å². The van der Waals surface area contributed by atoms with Gasteiger partial charge < -0.3 is 9.64 Å². The van der Waals surface area contributed by atoms with Crippen molar-refractivity contribution >= 4 is 17.4 Å². The summed E-state index contributed by atoms with van der Waals surface area (Å²) >= 11 is 0. The molecule has 0 radical (unpaired) electrons. The van der Waals surface area contributed by atoms with Crippen LogP contribution in [0.15, 0.2) is 24.3 Å². The van der Waals surface area contributed by atoms with Crippen molar-refractivity contribution in [2.45, 2.75) is 39.0 Å². The zero-order valence-electron chi connectivity index (χ0n) is 13.2. The molecule has 21 heavy (non-hydrogen) atoms. The molecular weight excluding hydrogens is 266 g/mol. The number of hydrogen-bond acceptors (Lipinski definition) is 4. The molecule has 4 nitrogen and oxygen atoms in total. The van der Waals surface area contributed by atoms with Gasteiger partial charge in [0.15, 0.2) is 5.78 Å². The van der Waals surface area contributed by atoms with Crippen molar-refractivity contribution in [2.75, 3.05) is 25.6 Å². The van der Waals surface area contributed by atoms with Crippen LogP contribution in [-0.4, -0.2) is 32.5 Å². The fourth-order valence-electron chi connectivity index (χ4n) is 2.07. The molecule has 0 spiro atoms. The minimum atomic E-state index is -0.150. The smallest absolute Gasteiger partial charge is 0.305 e. The molecule has 0 heterocycles. The van der Waals surface area contributed by atoms with Gasteiger partial charge in [-0.25, -0.2) is 0 Å². The second kappa shape index (κ2) is 9.16. The highest BCUT2D eigenvalue weighted by atomic mass is 16.5. The Labute approximate surface area is 127 Å². The first-order valence-corrected chi connectivity index (χ1v) is 7.50. The molecule has 116 valence electrons. The van der Waals surface area contributed by atoms with E-state index in [9.17, 15) is 9.59 Å². The van der Waals surface area contributed by atoms with Gasteiger partial charge in [-0.1, -0.05) is 18.6 Å². The monoisotopic (exact) mass is 291 g/mol. The van der Waals surface area contributed by atoms with E-state index in [1.54, 1.807) is 6.92 Å². The predicted molar refractivity (Wildman–Crippen MR) is 84.8 cm³/mol. The number of hydrogen-bond donors (Lipinski definition) is 0. The number of benzene rings is 1. The Bertz CT molecular complexity index is 469. The van der Waals surface area contributed by atoms with Crippen LogP contribution in [0.5, 0.6) is 0 Å².